The molecule has 3 aliphatic rings. The minimum absolute atomic E-state index is 0.189. The smallest absolute Gasteiger partial charge is 0.231 e. The van der Waals surface area contributed by atoms with Gasteiger partial charge in [0.05, 0.1) is 5.92 Å². The predicted molar refractivity (Wildman–Crippen MR) is 126 cm³/mol. The van der Waals surface area contributed by atoms with Gasteiger partial charge in [0.15, 0.2) is 0 Å². The fourth-order valence-corrected chi connectivity index (χ4v) is 5.40. The highest BCUT2D eigenvalue weighted by Gasteiger charge is 2.34. The molecule has 1 amide bonds. The maximum atomic E-state index is 13.6. The van der Waals surface area contributed by atoms with Crippen molar-refractivity contribution in [1.29, 1.82) is 0 Å². The quantitative estimate of drug-likeness (QED) is 0.746. The number of hydrogen-bond donors (Lipinski definition) is 1. The third-order valence-electron chi connectivity index (χ3n) is 7.14. The Morgan fingerprint density at radius 1 is 1.16 bits per heavy atom. The van der Waals surface area contributed by atoms with Crippen molar-refractivity contribution in [2.75, 3.05) is 50.7 Å². The number of piperazine rings is 1. The van der Waals surface area contributed by atoms with E-state index in [0.29, 0.717) is 30.6 Å². The summed E-state index contributed by atoms with van der Waals surface area (Å²) >= 11 is 6.09. The lowest BCUT2D eigenvalue weighted by atomic mass is 9.94. The molecule has 2 fully saturated rings. The first kappa shape index (κ1) is 21.6. The second-order valence-corrected chi connectivity index (χ2v) is 9.83. The monoisotopic (exact) mass is 454 g/mol. The van der Waals surface area contributed by atoms with Gasteiger partial charge in [-0.15, -0.1) is 0 Å². The average molecular weight is 455 g/mol. The number of aromatic nitrogens is 2. The molecule has 170 valence electrons. The third-order valence-corrected chi connectivity index (χ3v) is 7.39. The Morgan fingerprint density at radius 3 is 2.56 bits per heavy atom. The van der Waals surface area contributed by atoms with Gasteiger partial charge in [-0.05, 0) is 36.5 Å². The van der Waals surface area contributed by atoms with Gasteiger partial charge in [-0.25, -0.2) is 9.97 Å². The molecule has 8 heteroatoms. The number of fused-ring (bicyclic) bond motifs is 1. The molecular formula is C24H31ClN6O. The molecule has 1 aromatic heterocycles. The summed E-state index contributed by atoms with van der Waals surface area (Å²) in [5.41, 5.74) is 9.49. The molecule has 0 radical (unpaired) electrons. The number of hydrogen-bond acceptors (Lipinski definition) is 6. The number of benzene rings is 1. The van der Waals surface area contributed by atoms with Crippen LogP contribution in [0.3, 0.4) is 0 Å². The number of nitrogens with two attached hydrogens (primary N) is 1. The van der Waals surface area contributed by atoms with E-state index < -0.39 is 0 Å². The summed E-state index contributed by atoms with van der Waals surface area (Å²) < 4.78 is 0. The van der Waals surface area contributed by atoms with Crippen molar-refractivity contribution in [2.24, 2.45) is 5.73 Å². The zero-order valence-electron chi connectivity index (χ0n) is 18.6. The number of carbonyl (C=O) groups is 1. The van der Waals surface area contributed by atoms with Crippen LogP contribution in [-0.4, -0.2) is 77.5 Å². The van der Waals surface area contributed by atoms with Crippen molar-refractivity contribution in [3.05, 3.63) is 52.4 Å². The highest BCUT2D eigenvalue weighted by atomic mass is 35.5. The molecule has 32 heavy (non-hydrogen) atoms. The summed E-state index contributed by atoms with van der Waals surface area (Å²) in [6.07, 6.45) is 3.87. The van der Waals surface area contributed by atoms with E-state index in [0.717, 1.165) is 50.4 Å². The number of carbonyl (C=O) groups excluding carboxylic acids is 1. The van der Waals surface area contributed by atoms with E-state index in [2.05, 4.69) is 26.7 Å². The SMILES string of the molecule is C[C@@H]1CCc2ncnc(N3CCN(C(=O)[C@@H](CN4CC(N)C4)c4ccc(Cl)cc4)CC3)c21. The van der Waals surface area contributed by atoms with E-state index in [4.69, 9.17) is 17.3 Å². The molecule has 5 rings (SSSR count). The van der Waals surface area contributed by atoms with Crippen LogP contribution in [-0.2, 0) is 11.2 Å². The van der Waals surface area contributed by atoms with Crippen LogP contribution >= 0.6 is 11.6 Å². The van der Waals surface area contributed by atoms with Gasteiger partial charge in [0.2, 0.25) is 5.91 Å². The summed E-state index contributed by atoms with van der Waals surface area (Å²) in [6.45, 7) is 7.66. The molecule has 7 nitrogen and oxygen atoms in total. The van der Waals surface area contributed by atoms with Gasteiger partial charge in [0, 0.05) is 68.1 Å². The Kier molecular flexibility index (Phi) is 6.05. The Balaban J connectivity index is 1.29. The maximum Gasteiger partial charge on any atom is 0.231 e. The summed E-state index contributed by atoms with van der Waals surface area (Å²) in [6, 6.07) is 7.91. The highest BCUT2D eigenvalue weighted by Crippen LogP contribution is 2.37. The lowest BCUT2D eigenvalue weighted by molar-refractivity contribution is -0.134. The summed E-state index contributed by atoms with van der Waals surface area (Å²) in [5, 5.41) is 0.686. The van der Waals surface area contributed by atoms with E-state index in [1.807, 2.05) is 29.2 Å². The van der Waals surface area contributed by atoms with E-state index in [-0.39, 0.29) is 17.9 Å². The Morgan fingerprint density at radius 2 is 1.88 bits per heavy atom. The molecule has 0 spiro atoms. The van der Waals surface area contributed by atoms with Gasteiger partial charge in [-0.2, -0.15) is 0 Å². The van der Waals surface area contributed by atoms with Gasteiger partial charge in [-0.3, -0.25) is 9.69 Å². The molecule has 2 saturated heterocycles. The van der Waals surface area contributed by atoms with E-state index in [1.165, 1.54) is 11.3 Å². The molecule has 2 aromatic rings. The standard InChI is InChI=1S/C24H31ClN6O/c1-16-2-7-21-22(16)23(28-15-27-21)30-8-10-31(11-9-30)24(32)20(14-29-12-19(26)13-29)17-3-5-18(25)6-4-17/h3-6,15-16,19-20H,2,7-14,26H2,1H3/t16-,20+/m1/s1. The lowest BCUT2D eigenvalue weighted by Gasteiger charge is -2.41. The number of nitrogens with zero attached hydrogens (tertiary/aromatic N) is 5. The largest absolute Gasteiger partial charge is 0.353 e. The molecule has 2 N–H and O–H groups in total. The van der Waals surface area contributed by atoms with Gasteiger partial charge < -0.3 is 15.5 Å². The number of aryl methyl sites for hydroxylation is 1. The Hall–Kier alpha value is -2.22. The van der Waals surface area contributed by atoms with Crippen LogP contribution < -0.4 is 10.6 Å². The molecule has 0 bridgehead atoms. The van der Waals surface area contributed by atoms with Crippen LogP contribution in [0.4, 0.5) is 5.82 Å². The zero-order valence-corrected chi connectivity index (χ0v) is 19.3. The number of amides is 1. The molecule has 1 aromatic carbocycles. The van der Waals surface area contributed by atoms with Crippen molar-refractivity contribution in [3.63, 3.8) is 0 Å². The van der Waals surface area contributed by atoms with Gasteiger partial charge >= 0.3 is 0 Å². The van der Waals surface area contributed by atoms with Crippen LogP contribution in [0.1, 0.15) is 42.0 Å². The fourth-order valence-electron chi connectivity index (χ4n) is 5.27. The van der Waals surface area contributed by atoms with Crippen molar-refractivity contribution in [1.82, 2.24) is 19.8 Å². The predicted octanol–water partition coefficient (Wildman–Crippen LogP) is 2.26. The van der Waals surface area contributed by atoms with Crippen molar-refractivity contribution >= 4 is 23.3 Å². The van der Waals surface area contributed by atoms with E-state index in [1.54, 1.807) is 6.33 Å². The van der Waals surface area contributed by atoms with E-state index >= 15 is 0 Å². The van der Waals surface area contributed by atoms with Crippen LogP contribution in [0, 0.1) is 0 Å². The topological polar surface area (TPSA) is 78.6 Å². The van der Waals surface area contributed by atoms with Crippen molar-refractivity contribution in [2.45, 2.75) is 37.6 Å². The number of likely N-dealkylation sites (tertiary alicyclic amines) is 1. The molecule has 0 saturated carbocycles. The van der Waals surface area contributed by atoms with Crippen LogP contribution in [0.15, 0.2) is 30.6 Å². The van der Waals surface area contributed by atoms with Crippen molar-refractivity contribution in [3.8, 4) is 0 Å². The molecule has 0 unspecified atom stereocenters. The minimum Gasteiger partial charge on any atom is -0.353 e. The van der Waals surface area contributed by atoms with Crippen molar-refractivity contribution < 1.29 is 4.79 Å². The normalized spacial score (nSPS) is 22.5. The second-order valence-electron chi connectivity index (χ2n) is 9.39. The first-order valence-corrected chi connectivity index (χ1v) is 12.0. The van der Waals surface area contributed by atoms with Crippen LogP contribution in [0.5, 0.6) is 0 Å². The molecular weight excluding hydrogens is 424 g/mol. The zero-order chi connectivity index (χ0) is 22.2. The molecule has 3 heterocycles. The Labute approximate surface area is 194 Å². The van der Waals surface area contributed by atoms with Gasteiger partial charge in [-0.1, -0.05) is 30.7 Å². The molecule has 2 aliphatic heterocycles. The fraction of sp³-hybridized carbons (Fsp3) is 0.542. The third kappa shape index (κ3) is 4.21. The average Bonchev–Trinajstić information content (AvgIpc) is 3.17. The second kappa shape index (κ2) is 8.96. The van der Waals surface area contributed by atoms with Crippen LogP contribution in [0.25, 0.3) is 0 Å². The molecule has 2 atom stereocenters. The summed E-state index contributed by atoms with van der Waals surface area (Å²) in [5.74, 6) is 1.55. The first-order chi connectivity index (χ1) is 15.5. The van der Waals surface area contributed by atoms with Gasteiger partial charge in [0.1, 0.15) is 12.1 Å². The van der Waals surface area contributed by atoms with E-state index in [9.17, 15) is 4.79 Å². The minimum atomic E-state index is -0.199. The number of anilines is 1. The first-order valence-electron chi connectivity index (χ1n) is 11.6. The maximum absolute atomic E-state index is 13.6. The highest BCUT2D eigenvalue weighted by molar-refractivity contribution is 6.30. The number of halogens is 1. The summed E-state index contributed by atoms with van der Waals surface area (Å²) in [4.78, 5) is 29.4. The molecule has 1 aliphatic carbocycles. The van der Waals surface area contributed by atoms with Gasteiger partial charge in [0.25, 0.3) is 0 Å². The lowest BCUT2D eigenvalue weighted by Crippen LogP contribution is -2.58. The van der Waals surface area contributed by atoms with Crippen LogP contribution in [0.2, 0.25) is 5.02 Å². The number of rotatable bonds is 5. The Bertz CT molecular complexity index is 969. The summed E-state index contributed by atoms with van der Waals surface area (Å²) in [7, 11) is 0.